The lowest BCUT2D eigenvalue weighted by Crippen LogP contribution is -2.40. The molecule has 0 heterocycles. The second-order valence-electron chi connectivity index (χ2n) is 7.33. The first kappa shape index (κ1) is 23.3. The number of hydrogen-bond donors (Lipinski definition) is 1. The van der Waals surface area contributed by atoms with Crippen LogP contribution in [0.4, 0.5) is 0 Å². The van der Waals surface area contributed by atoms with Gasteiger partial charge in [-0.3, -0.25) is 0 Å². The Balaban J connectivity index is 1.62. The van der Waals surface area contributed by atoms with Gasteiger partial charge in [0.25, 0.3) is 0 Å². The zero-order valence-corrected chi connectivity index (χ0v) is 18.6. The smallest absolute Gasteiger partial charge is 0.103 e. The van der Waals surface area contributed by atoms with Crippen molar-refractivity contribution in [2.75, 3.05) is 6.61 Å². The Morgan fingerprint density at radius 2 is 1.13 bits per heavy atom. The molecule has 162 valence electrons. The average Bonchev–Trinajstić information content (AvgIpc) is 2.83. The van der Waals surface area contributed by atoms with Crippen molar-refractivity contribution < 1.29 is 14.2 Å². The van der Waals surface area contributed by atoms with E-state index in [9.17, 15) is 0 Å². The van der Waals surface area contributed by atoms with Crippen LogP contribution in [0.1, 0.15) is 16.7 Å². The summed E-state index contributed by atoms with van der Waals surface area (Å²) in [5, 5.41) is -0.175. The van der Waals surface area contributed by atoms with Gasteiger partial charge in [0.15, 0.2) is 0 Å². The molecule has 0 amide bonds. The number of hydrogen-bond acceptors (Lipinski definition) is 4. The Labute approximate surface area is 191 Å². The van der Waals surface area contributed by atoms with Crippen LogP contribution < -0.4 is 0 Å². The zero-order valence-electron chi connectivity index (χ0n) is 17.7. The van der Waals surface area contributed by atoms with Crippen LogP contribution in [0.15, 0.2) is 104 Å². The predicted octanol–water partition coefficient (Wildman–Crippen LogP) is 5.86. The summed E-state index contributed by atoms with van der Waals surface area (Å²) < 4.78 is 18.4. The van der Waals surface area contributed by atoms with Gasteiger partial charge in [0, 0.05) is 0 Å². The van der Waals surface area contributed by atoms with E-state index in [1.807, 2.05) is 91.0 Å². The van der Waals surface area contributed by atoms with Crippen molar-refractivity contribution in [1.82, 2.24) is 0 Å². The molecule has 0 bridgehead atoms. The molecule has 3 unspecified atom stereocenters. The predicted molar refractivity (Wildman–Crippen MR) is 129 cm³/mol. The molecule has 0 fully saturated rings. The lowest BCUT2D eigenvalue weighted by atomic mass is 10.1. The SMILES string of the molecule is C=CC(OCc1ccccc1)C(OCc1ccccc1)C(S)COCc1ccccc1. The van der Waals surface area contributed by atoms with Gasteiger partial charge in [-0.2, -0.15) is 12.6 Å². The van der Waals surface area contributed by atoms with E-state index in [1.165, 1.54) is 0 Å². The number of rotatable bonds is 13. The summed E-state index contributed by atoms with van der Waals surface area (Å²) in [6, 6.07) is 30.3. The van der Waals surface area contributed by atoms with Crippen molar-refractivity contribution >= 4 is 12.6 Å². The Morgan fingerprint density at radius 3 is 1.61 bits per heavy atom. The minimum Gasteiger partial charge on any atom is -0.376 e. The van der Waals surface area contributed by atoms with Crippen molar-refractivity contribution in [3.05, 3.63) is 120 Å². The maximum atomic E-state index is 6.28. The standard InChI is InChI=1S/C27H30O3S/c1-2-25(29-19-23-14-8-4-9-15-23)27(30-20-24-16-10-5-11-17-24)26(31)21-28-18-22-12-6-3-7-13-22/h2-17,25-27,31H,1,18-21H2. The number of thiol groups is 1. The molecule has 0 saturated carbocycles. The number of benzene rings is 3. The minimum atomic E-state index is -0.313. The quantitative estimate of drug-likeness (QED) is 0.270. The van der Waals surface area contributed by atoms with Gasteiger partial charge in [0.05, 0.1) is 31.7 Å². The first-order valence-corrected chi connectivity index (χ1v) is 11.0. The molecule has 3 nitrogen and oxygen atoms in total. The summed E-state index contributed by atoms with van der Waals surface area (Å²) in [5.41, 5.74) is 3.33. The van der Waals surface area contributed by atoms with E-state index in [2.05, 4.69) is 6.58 Å². The molecule has 0 N–H and O–H groups in total. The third-order valence-corrected chi connectivity index (χ3v) is 5.35. The van der Waals surface area contributed by atoms with E-state index < -0.39 is 0 Å². The van der Waals surface area contributed by atoms with Gasteiger partial charge in [0.2, 0.25) is 0 Å². The second kappa shape index (κ2) is 13.1. The topological polar surface area (TPSA) is 27.7 Å². The average molecular weight is 435 g/mol. The molecule has 0 saturated heterocycles. The Bertz CT molecular complexity index is 871. The van der Waals surface area contributed by atoms with E-state index in [1.54, 1.807) is 6.08 Å². The van der Waals surface area contributed by atoms with Crippen LogP contribution in [0.3, 0.4) is 0 Å². The molecule has 3 aromatic rings. The van der Waals surface area contributed by atoms with Gasteiger partial charge in [0.1, 0.15) is 12.2 Å². The van der Waals surface area contributed by atoms with Crippen LogP contribution in [-0.4, -0.2) is 24.1 Å². The minimum absolute atomic E-state index is 0.175. The third kappa shape index (κ3) is 8.00. The first-order chi connectivity index (χ1) is 15.3. The molecule has 0 spiro atoms. The molecule has 0 aliphatic carbocycles. The van der Waals surface area contributed by atoms with Gasteiger partial charge in [-0.25, -0.2) is 0 Å². The second-order valence-corrected chi connectivity index (χ2v) is 7.99. The van der Waals surface area contributed by atoms with Gasteiger partial charge < -0.3 is 14.2 Å². The van der Waals surface area contributed by atoms with Crippen molar-refractivity contribution in [2.24, 2.45) is 0 Å². The summed E-state index contributed by atoms with van der Waals surface area (Å²) in [4.78, 5) is 0. The van der Waals surface area contributed by atoms with Crippen molar-refractivity contribution in [2.45, 2.75) is 37.3 Å². The van der Waals surface area contributed by atoms with Gasteiger partial charge >= 0.3 is 0 Å². The Hall–Kier alpha value is -2.37. The van der Waals surface area contributed by atoms with E-state index in [-0.39, 0.29) is 17.5 Å². The van der Waals surface area contributed by atoms with Crippen LogP contribution in [-0.2, 0) is 34.0 Å². The normalized spacial score (nSPS) is 14.0. The lowest BCUT2D eigenvalue weighted by molar-refractivity contribution is -0.0731. The van der Waals surface area contributed by atoms with Gasteiger partial charge in [-0.05, 0) is 16.7 Å². The van der Waals surface area contributed by atoms with Gasteiger partial charge in [-0.15, -0.1) is 6.58 Å². The molecule has 0 aliphatic rings. The van der Waals surface area contributed by atoms with Crippen molar-refractivity contribution in [1.29, 1.82) is 0 Å². The summed E-state index contributed by atoms with van der Waals surface area (Å²) in [7, 11) is 0. The molecule has 3 rings (SSSR count). The van der Waals surface area contributed by atoms with Crippen LogP contribution in [0.25, 0.3) is 0 Å². The van der Waals surface area contributed by atoms with Crippen LogP contribution >= 0.6 is 12.6 Å². The highest BCUT2D eigenvalue weighted by atomic mass is 32.1. The fourth-order valence-corrected chi connectivity index (χ4v) is 3.58. The van der Waals surface area contributed by atoms with Crippen LogP contribution in [0.2, 0.25) is 0 Å². The maximum absolute atomic E-state index is 6.28. The fraction of sp³-hybridized carbons (Fsp3) is 0.259. The summed E-state index contributed by atoms with van der Waals surface area (Å²) in [6.45, 7) is 5.91. The maximum Gasteiger partial charge on any atom is 0.103 e. The molecule has 3 aromatic carbocycles. The van der Waals surface area contributed by atoms with Crippen molar-refractivity contribution in [3.8, 4) is 0 Å². The molecule has 3 atom stereocenters. The summed E-state index contributed by atoms with van der Waals surface area (Å²) in [5.74, 6) is 0. The molecule has 0 aliphatic heterocycles. The lowest BCUT2D eigenvalue weighted by Gasteiger charge is -2.30. The summed E-state index contributed by atoms with van der Waals surface area (Å²) in [6.07, 6.45) is 1.17. The van der Waals surface area contributed by atoms with Crippen LogP contribution in [0, 0.1) is 0 Å². The molecule has 4 heteroatoms. The van der Waals surface area contributed by atoms with E-state index in [0.29, 0.717) is 26.4 Å². The van der Waals surface area contributed by atoms with E-state index in [0.717, 1.165) is 16.7 Å². The highest BCUT2D eigenvalue weighted by molar-refractivity contribution is 7.81. The highest BCUT2D eigenvalue weighted by Crippen LogP contribution is 2.20. The largest absolute Gasteiger partial charge is 0.376 e. The molecule has 0 aromatic heterocycles. The molecular weight excluding hydrogens is 404 g/mol. The Kier molecular flexibility index (Phi) is 9.87. The third-order valence-electron chi connectivity index (χ3n) is 4.91. The first-order valence-electron chi connectivity index (χ1n) is 10.5. The number of ether oxygens (including phenoxy) is 3. The molecule has 31 heavy (non-hydrogen) atoms. The van der Waals surface area contributed by atoms with E-state index >= 15 is 0 Å². The highest BCUT2D eigenvalue weighted by Gasteiger charge is 2.28. The van der Waals surface area contributed by atoms with Crippen LogP contribution in [0.5, 0.6) is 0 Å². The molecular formula is C27H30O3S. The summed E-state index contributed by atoms with van der Waals surface area (Å²) >= 11 is 4.81. The fourth-order valence-electron chi connectivity index (χ4n) is 3.22. The van der Waals surface area contributed by atoms with Gasteiger partial charge in [-0.1, -0.05) is 97.1 Å². The molecule has 0 radical (unpaired) electrons. The zero-order chi connectivity index (χ0) is 21.7. The monoisotopic (exact) mass is 434 g/mol. The van der Waals surface area contributed by atoms with E-state index in [4.69, 9.17) is 26.8 Å². The van der Waals surface area contributed by atoms with Crippen molar-refractivity contribution in [3.63, 3.8) is 0 Å². The Morgan fingerprint density at radius 1 is 0.677 bits per heavy atom.